The van der Waals surface area contributed by atoms with Crippen LogP contribution in [0, 0.1) is 5.92 Å². The van der Waals surface area contributed by atoms with Gasteiger partial charge in [-0.25, -0.2) is 9.59 Å². The molecule has 13 heteroatoms. The Morgan fingerprint density at radius 2 is 1.36 bits per heavy atom. The standard InChI is InChI=1S/C29H36N2O9Si2/c1-19-21(18-29(37)39-31-26(34)14-15-27(31)35)9-7-11-23(19)42(4,5)40-41(2,3)22-10-6-8-20(16-22)17-28(36)38-30-24(32)12-13-25(30)33/h6-11,16,19,23H,12-15,17-18H2,1-5H3. The molecule has 2 unspecified atom stereocenters. The molecule has 42 heavy (non-hydrogen) atoms. The highest BCUT2D eigenvalue weighted by molar-refractivity contribution is 6.92. The lowest BCUT2D eigenvalue weighted by atomic mass is 9.90. The van der Waals surface area contributed by atoms with Crippen LogP contribution in [0.5, 0.6) is 0 Å². The summed E-state index contributed by atoms with van der Waals surface area (Å²) in [7, 11) is -4.93. The lowest BCUT2D eigenvalue weighted by molar-refractivity contribution is -0.197. The molecule has 2 saturated heterocycles. The molecule has 2 fully saturated rings. The van der Waals surface area contributed by atoms with Crippen LogP contribution in [0.3, 0.4) is 0 Å². The van der Waals surface area contributed by atoms with Crippen LogP contribution in [0.25, 0.3) is 0 Å². The number of hydrogen-bond acceptors (Lipinski definition) is 9. The van der Waals surface area contributed by atoms with Gasteiger partial charge in [0, 0.05) is 31.2 Å². The third-order valence-electron chi connectivity index (χ3n) is 7.79. The highest BCUT2D eigenvalue weighted by atomic mass is 28.4. The van der Waals surface area contributed by atoms with Crippen molar-refractivity contribution >= 4 is 57.4 Å². The lowest BCUT2D eigenvalue weighted by Gasteiger charge is -2.42. The van der Waals surface area contributed by atoms with Crippen LogP contribution in [0.15, 0.2) is 48.1 Å². The van der Waals surface area contributed by atoms with Gasteiger partial charge < -0.3 is 13.8 Å². The van der Waals surface area contributed by atoms with Crippen molar-refractivity contribution in [1.29, 1.82) is 0 Å². The second-order valence-corrected chi connectivity index (χ2v) is 20.1. The first-order valence-corrected chi connectivity index (χ1v) is 19.9. The van der Waals surface area contributed by atoms with Crippen molar-refractivity contribution in [2.24, 2.45) is 5.92 Å². The summed E-state index contributed by atoms with van der Waals surface area (Å²) in [5.41, 5.74) is 1.57. The van der Waals surface area contributed by atoms with Crippen molar-refractivity contribution in [2.45, 2.75) is 77.2 Å². The summed E-state index contributed by atoms with van der Waals surface area (Å²) >= 11 is 0. The molecule has 0 bridgehead atoms. The molecule has 0 radical (unpaired) electrons. The second-order valence-electron chi connectivity index (χ2n) is 11.8. The predicted octanol–water partition coefficient (Wildman–Crippen LogP) is 2.97. The summed E-state index contributed by atoms with van der Waals surface area (Å²) in [5.74, 6) is -3.44. The molecule has 11 nitrogen and oxygen atoms in total. The molecule has 2 heterocycles. The number of carbonyl (C=O) groups excluding carboxylic acids is 6. The number of amides is 4. The zero-order chi connectivity index (χ0) is 30.8. The molecule has 0 saturated carbocycles. The van der Waals surface area contributed by atoms with Crippen LogP contribution in [-0.4, -0.2) is 62.3 Å². The summed E-state index contributed by atoms with van der Waals surface area (Å²) in [6.45, 7) is 10.5. The number of carbonyl (C=O) groups is 6. The molecule has 0 N–H and O–H groups in total. The number of benzene rings is 1. The molecule has 2 atom stereocenters. The Labute approximate surface area is 246 Å². The van der Waals surface area contributed by atoms with E-state index in [9.17, 15) is 28.8 Å². The quantitative estimate of drug-likeness (QED) is 0.288. The zero-order valence-electron chi connectivity index (χ0n) is 24.5. The van der Waals surface area contributed by atoms with Crippen LogP contribution < -0.4 is 5.19 Å². The Morgan fingerprint density at radius 1 is 0.833 bits per heavy atom. The van der Waals surface area contributed by atoms with Crippen molar-refractivity contribution < 1.29 is 42.6 Å². The smallest absolute Gasteiger partial charge is 0.337 e. The van der Waals surface area contributed by atoms with Gasteiger partial charge in [-0.3, -0.25) is 19.2 Å². The predicted molar refractivity (Wildman–Crippen MR) is 155 cm³/mol. The monoisotopic (exact) mass is 612 g/mol. The van der Waals surface area contributed by atoms with Gasteiger partial charge in [0.2, 0.25) is 8.32 Å². The van der Waals surface area contributed by atoms with Crippen molar-refractivity contribution in [3.63, 3.8) is 0 Å². The Hall–Kier alpha value is -3.69. The van der Waals surface area contributed by atoms with Crippen LogP contribution in [0.4, 0.5) is 0 Å². The Balaban J connectivity index is 1.39. The highest BCUT2D eigenvalue weighted by Crippen LogP contribution is 2.41. The lowest BCUT2D eigenvalue weighted by Crippen LogP contribution is -2.55. The summed E-state index contributed by atoms with van der Waals surface area (Å²) in [4.78, 5) is 82.4. The summed E-state index contributed by atoms with van der Waals surface area (Å²) < 4.78 is 6.98. The maximum Gasteiger partial charge on any atom is 0.337 e. The molecule has 224 valence electrons. The van der Waals surface area contributed by atoms with Crippen molar-refractivity contribution in [3.8, 4) is 0 Å². The number of rotatable bonds is 10. The number of hydroxylamine groups is 4. The molecule has 1 aromatic rings. The average molecular weight is 613 g/mol. The fourth-order valence-corrected chi connectivity index (χ4v) is 15.0. The largest absolute Gasteiger partial charge is 0.452 e. The van der Waals surface area contributed by atoms with Crippen molar-refractivity contribution in [3.05, 3.63) is 53.6 Å². The van der Waals surface area contributed by atoms with E-state index in [1.165, 1.54) is 0 Å². The minimum absolute atomic E-state index is 0.0314. The van der Waals surface area contributed by atoms with Gasteiger partial charge in [0.05, 0.1) is 12.8 Å². The fraction of sp³-hybridized carbons (Fsp3) is 0.448. The first kappa shape index (κ1) is 31.3. The zero-order valence-corrected chi connectivity index (χ0v) is 26.5. The Morgan fingerprint density at radius 3 is 1.90 bits per heavy atom. The van der Waals surface area contributed by atoms with Crippen LogP contribution in [-0.2, 0) is 49.0 Å². The van der Waals surface area contributed by atoms with Gasteiger partial charge in [-0.2, -0.15) is 0 Å². The van der Waals surface area contributed by atoms with E-state index in [4.69, 9.17) is 13.8 Å². The first-order chi connectivity index (χ1) is 19.7. The molecular weight excluding hydrogens is 576 g/mol. The second kappa shape index (κ2) is 12.3. The van der Waals surface area contributed by atoms with Crippen LogP contribution in [0.2, 0.25) is 31.7 Å². The number of allylic oxidation sites excluding steroid dienone is 3. The molecule has 3 aliphatic rings. The summed E-state index contributed by atoms with van der Waals surface area (Å²) in [5, 5.41) is 2.10. The van der Waals surface area contributed by atoms with E-state index >= 15 is 0 Å². The third kappa shape index (κ3) is 7.02. The van der Waals surface area contributed by atoms with Gasteiger partial charge in [0.15, 0.2) is 8.32 Å². The number of hydrogen-bond donors (Lipinski definition) is 0. The van der Waals surface area contributed by atoms with Crippen LogP contribution >= 0.6 is 0 Å². The normalized spacial score (nSPS) is 21.2. The van der Waals surface area contributed by atoms with Crippen molar-refractivity contribution in [2.75, 3.05) is 0 Å². The molecule has 0 spiro atoms. The van der Waals surface area contributed by atoms with Crippen LogP contribution in [0.1, 0.15) is 44.6 Å². The maximum atomic E-state index is 12.6. The number of imide groups is 2. The molecular formula is C29H36N2O9Si2. The van der Waals surface area contributed by atoms with Crippen molar-refractivity contribution in [1.82, 2.24) is 10.1 Å². The first-order valence-electron chi connectivity index (χ1n) is 14.0. The van der Waals surface area contributed by atoms with Gasteiger partial charge in [-0.15, -0.1) is 10.1 Å². The van der Waals surface area contributed by atoms with E-state index in [0.29, 0.717) is 15.7 Å². The minimum atomic E-state index is -2.50. The van der Waals surface area contributed by atoms with Gasteiger partial charge in [0.1, 0.15) is 0 Å². The van der Waals surface area contributed by atoms with Gasteiger partial charge >= 0.3 is 11.9 Å². The van der Waals surface area contributed by atoms with Gasteiger partial charge in [0.25, 0.3) is 23.6 Å². The molecule has 4 amide bonds. The third-order valence-corrected chi connectivity index (χ3v) is 15.9. The maximum absolute atomic E-state index is 12.6. The molecule has 0 aromatic heterocycles. The fourth-order valence-electron chi connectivity index (χ4n) is 5.66. The topological polar surface area (TPSA) is 137 Å². The van der Waals surface area contributed by atoms with E-state index in [1.54, 1.807) is 6.07 Å². The van der Waals surface area contributed by atoms with E-state index < -0.39 is 52.2 Å². The molecule has 1 aromatic carbocycles. The summed E-state index contributed by atoms with van der Waals surface area (Å²) in [6.07, 6.45) is 5.90. The van der Waals surface area contributed by atoms with E-state index in [-0.39, 0.29) is 50.0 Å². The SMILES string of the molecule is CC1C(CC(=O)ON2C(=O)CCC2=O)=CC=CC1[Si](C)(C)O[Si](C)(C)c1cccc(CC(=O)ON2C(=O)CCC2=O)c1. The van der Waals surface area contributed by atoms with E-state index in [1.807, 2.05) is 37.3 Å². The van der Waals surface area contributed by atoms with Gasteiger partial charge in [-0.05, 0) is 42.9 Å². The Kier molecular flexibility index (Phi) is 9.13. The molecule has 2 aliphatic heterocycles. The minimum Gasteiger partial charge on any atom is -0.452 e. The van der Waals surface area contributed by atoms with Gasteiger partial charge in [-0.1, -0.05) is 55.0 Å². The summed E-state index contributed by atoms with van der Waals surface area (Å²) in [6, 6.07) is 7.52. The number of nitrogens with zero attached hydrogens (tertiary/aromatic N) is 2. The highest BCUT2D eigenvalue weighted by Gasteiger charge is 2.43. The Bertz CT molecular complexity index is 1350. The average Bonchev–Trinajstić information content (AvgIpc) is 3.39. The van der Waals surface area contributed by atoms with E-state index in [0.717, 1.165) is 10.8 Å². The van der Waals surface area contributed by atoms with E-state index in [2.05, 4.69) is 32.3 Å². The molecule has 1 aliphatic carbocycles. The molecule has 4 rings (SSSR count).